The summed E-state index contributed by atoms with van der Waals surface area (Å²) in [6, 6.07) is 12.7. The molecule has 19 heavy (non-hydrogen) atoms. The van der Waals surface area contributed by atoms with E-state index in [0.29, 0.717) is 0 Å². The number of aromatic hydroxyl groups is 1. The molecule has 2 aromatic rings. The Morgan fingerprint density at radius 1 is 1.16 bits per heavy atom. The quantitative estimate of drug-likeness (QED) is 0.884. The lowest BCUT2D eigenvalue weighted by Crippen LogP contribution is -2.18. The minimum absolute atomic E-state index is 0.0913. The summed E-state index contributed by atoms with van der Waals surface area (Å²) in [5.74, 6) is 0.184. The molecule has 0 amide bonds. The number of halogens is 1. The molecule has 2 aromatic carbocycles. The molecule has 3 heteroatoms. The third kappa shape index (κ3) is 2.47. The molecule has 2 N–H and O–H groups in total. The second-order valence-electron chi connectivity index (χ2n) is 4.95. The van der Waals surface area contributed by atoms with E-state index in [9.17, 15) is 9.50 Å². The number of benzene rings is 2. The molecular weight excluding hydrogens is 241 g/mol. The highest BCUT2D eigenvalue weighted by Crippen LogP contribution is 2.32. The monoisotopic (exact) mass is 257 g/mol. The van der Waals surface area contributed by atoms with Gasteiger partial charge in [0.2, 0.25) is 0 Å². The van der Waals surface area contributed by atoms with E-state index in [1.807, 2.05) is 18.2 Å². The molecule has 1 aliphatic rings. The maximum atomic E-state index is 13.6. The molecule has 0 saturated heterocycles. The van der Waals surface area contributed by atoms with Crippen LogP contribution in [0.5, 0.6) is 5.75 Å². The van der Waals surface area contributed by atoms with Gasteiger partial charge in [-0.3, -0.25) is 0 Å². The van der Waals surface area contributed by atoms with Crippen molar-refractivity contribution in [3.05, 3.63) is 65.0 Å². The van der Waals surface area contributed by atoms with E-state index in [2.05, 4.69) is 5.32 Å². The molecule has 98 valence electrons. The zero-order valence-corrected chi connectivity index (χ0v) is 10.6. The van der Waals surface area contributed by atoms with E-state index in [4.69, 9.17) is 0 Å². The fourth-order valence-corrected chi connectivity index (χ4v) is 2.68. The lowest BCUT2D eigenvalue weighted by atomic mass is 10.1. The SMILES string of the molecule is Oc1ccc(CNC2CCc3c(F)cccc32)cc1. The van der Waals surface area contributed by atoms with Crippen molar-refractivity contribution in [2.75, 3.05) is 0 Å². The van der Waals surface area contributed by atoms with Crippen LogP contribution in [0, 0.1) is 5.82 Å². The van der Waals surface area contributed by atoms with Crippen LogP contribution in [-0.2, 0) is 13.0 Å². The predicted molar refractivity (Wildman–Crippen MR) is 72.4 cm³/mol. The van der Waals surface area contributed by atoms with Gasteiger partial charge in [0.1, 0.15) is 11.6 Å². The van der Waals surface area contributed by atoms with E-state index < -0.39 is 0 Å². The normalized spacial score (nSPS) is 17.4. The largest absolute Gasteiger partial charge is 0.508 e. The van der Waals surface area contributed by atoms with Crippen molar-refractivity contribution in [3.63, 3.8) is 0 Å². The third-order valence-corrected chi connectivity index (χ3v) is 3.70. The van der Waals surface area contributed by atoms with Crippen LogP contribution >= 0.6 is 0 Å². The maximum Gasteiger partial charge on any atom is 0.126 e. The molecule has 0 saturated carbocycles. The number of nitrogens with one attached hydrogen (secondary N) is 1. The van der Waals surface area contributed by atoms with Gasteiger partial charge in [0.15, 0.2) is 0 Å². The highest BCUT2D eigenvalue weighted by atomic mass is 19.1. The van der Waals surface area contributed by atoms with E-state index >= 15 is 0 Å². The van der Waals surface area contributed by atoms with Gasteiger partial charge in [-0.25, -0.2) is 4.39 Å². The van der Waals surface area contributed by atoms with Crippen molar-refractivity contribution in [1.29, 1.82) is 0 Å². The summed E-state index contributed by atoms with van der Waals surface area (Å²) in [7, 11) is 0. The molecule has 0 heterocycles. The Balaban J connectivity index is 1.70. The number of fused-ring (bicyclic) bond motifs is 1. The van der Waals surface area contributed by atoms with E-state index in [0.717, 1.165) is 36.1 Å². The molecule has 0 aromatic heterocycles. The summed E-state index contributed by atoms with van der Waals surface area (Å²) in [5.41, 5.74) is 3.05. The Hall–Kier alpha value is -1.87. The zero-order valence-electron chi connectivity index (χ0n) is 10.6. The van der Waals surface area contributed by atoms with Gasteiger partial charge in [0.25, 0.3) is 0 Å². The van der Waals surface area contributed by atoms with Crippen molar-refractivity contribution >= 4 is 0 Å². The molecular formula is C16H16FNO. The first kappa shape index (κ1) is 12.2. The summed E-state index contributed by atoms with van der Waals surface area (Å²) >= 11 is 0. The predicted octanol–water partition coefficient (Wildman–Crippen LogP) is 3.31. The Bertz CT molecular complexity index is 580. The van der Waals surface area contributed by atoms with E-state index in [1.54, 1.807) is 18.2 Å². The smallest absolute Gasteiger partial charge is 0.126 e. The highest BCUT2D eigenvalue weighted by molar-refractivity contribution is 5.35. The van der Waals surface area contributed by atoms with Crippen molar-refractivity contribution in [2.24, 2.45) is 0 Å². The van der Waals surface area contributed by atoms with Crippen LogP contribution in [0.4, 0.5) is 4.39 Å². The minimum Gasteiger partial charge on any atom is -0.508 e. The number of rotatable bonds is 3. The molecule has 0 radical (unpaired) electrons. The van der Waals surface area contributed by atoms with Gasteiger partial charge >= 0.3 is 0 Å². The Morgan fingerprint density at radius 3 is 2.74 bits per heavy atom. The number of phenols is 1. The molecule has 2 nitrogen and oxygen atoms in total. The Morgan fingerprint density at radius 2 is 1.95 bits per heavy atom. The van der Waals surface area contributed by atoms with Crippen LogP contribution in [-0.4, -0.2) is 5.11 Å². The lowest BCUT2D eigenvalue weighted by molar-refractivity contribution is 0.474. The molecule has 1 aliphatic carbocycles. The summed E-state index contributed by atoms with van der Waals surface area (Å²) < 4.78 is 13.6. The van der Waals surface area contributed by atoms with E-state index in [-0.39, 0.29) is 17.6 Å². The average Bonchev–Trinajstić information content (AvgIpc) is 2.83. The van der Waals surface area contributed by atoms with Crippen LogP contribution in [0.25, 0.3) is 0 Å². The summed E-state index contributed by atoms with van der Waals surface area (Å²) in [6.45, 7) is 0.723. The molecule has 0 bridgehead atoms. The number of hydrogen-bond donors (Lipinski definition) is 2. The molecule has 1 atom stereocenters. The fraction of sp³-hybridized carbons (Fsp3) is 0.250. The van der Waals surface area contributed by atoms with Crippen LogP contribution in [0.2, 0.25) is 0 Å². The van der Waals surface area contributed by atoms with Gasteiger partial charge in [-0.1, -0.05) is 24.3 Å². The summed E-state index contributed by atoms with van der Waals surface area (Å²) in [4.78, 5) is 0. The van der Waals surface area contributed by atoms with Gasteiger partial charge in [-0.05, 0) is 47.7 Å². The van der Waals surface area contributed by atoms with Crippen LogP contribution in [0.1, 0.15) is 29.2 Å². The molecule has 3 rings (SSSR count). The molecule has 0 fully saturated rings. The molecule has 1 unspecified atom stereocenters. The average molecular weight is 257 g/mol. The maximum absolute atomic E-state index is 13.6. The van der Waals surface area contributed by atoms with E-state index in [1.165, 1.54) is 6.07 Å². The minimum atomic E-state index is -0.0913. The first-order valence-electron chi connectivity index (χ1n) is 6.52. The van der Waals surface area contributed by atoms with Crippen molar-refractivity contribution in [1.82, 2.24) is 5.32 Å². The van der Waals surface area contributed by atoms with Gasteiger partial charge in [0.05, 0.1) is 0 Å². The molecule has 0 spiro atoms. The fourth-order valence-electron chi connectivity index (χ4n) is 2.68. The van der Waals surface area contributed by atoms with Crippen LogP contribution in [0.3, 0.4) is 0 Å². The van der Waals surface area contributed by atoms with Crippen LogP contribution < -0.4 is 5.32 Å². The number of phenolic OH excluding ortho intramolecular Hbond substituents is 1. The van der Waals surface area contributed by atoms with Crippen molar-refractivity contribution in [3.8, 4) is 5.75 Å². The Kier molecular flexibility index (Phi) is 3.22. The molecule has 0 aliphatic heterocycles. The van der Waals surface area contributed by atoms with Crippen LogP contribution in [0.15, 0.2) is 42.5 Å². The van der Waals surface area contributed by atoms with Gasteiger partial charge in [0, 0.05) is 12.6 Å². The second-order valence-corrected chi connectivity index (χ2v) is 4.95. The second kappa shape index (κ2) is 5.02. The van der Waals surface area contributed by atoms with Crippen molar-refractivity contribution < 1.29 is 9.50 Å². The first-order valence-corrected chi connectivity index (χ1v) is 6.52. The zero-order chi connectivity index (χ0) is 13.2. The van der Waals surface area contributed by atoms with Gasteiger partial charge < -0.3 is 10.4 Å². The highest BCUT2D eigenvalue weighted by Gasteiger charge is 2.24. The Labute approximate surface area is 111 Å². The third-order valence-electron chi connectivity index (χ3n) is 3.70. The summed E-state index contributed by atoms with van der Waals surface area (Å²) in [6.07, 6.45) is 1.74. The lowest BCUT2D eigenvalue weighted by Gasteiger charge is -2.14. The van der Waals surface area contributed by atoms with Crippen molar-refractivity contribution in [2.45, 2.75) is 25.4 Å². The summed E-state index contributed by atoms with van der Waals surface area (Å²) in [5, 5.41) is 12.7. The first-order chi connectivity index (χ1) is 9.24. The number of hydrogen-bond acceptors (Lipinski definition) is 2. The van der Waals surface area contributed by atoms with Gasteiger partial charge in [-0.2, -0.15) is 0 Å². The standard InChI is InChI=1S/C16H16FNO/c17-15-3-1-2-14-13(15)8-9-16(14)18-10-11-4-6-12(19)7-5-11/h1-7,16,18-19H,8-10H2. The topological polar surface area (TPSA) is 32.3 Å². The van der Waals surface area contributed by atoms with Gasteiger partial charge in [-0.15, -0.1) is 0 Å².